The molecule has 0 fully saturated rings. The highest BCUT2D eigenvalue weighted by Gasteiger charge is 2.32. The lowest BCUT2D eigenvalue weighted by molar-refractivity contribution is -0.131. The van der Waals surface area contributed by atoms with Crippen LogP contribution in [0.2, 0.25) is 0 Å². The lowest BCUT2D eigenvalue weighted by Crippen LogP contribution is -2.49. The molecule has 0 radical (unpaired) electrons. The summed E-state index contributed by atoms with van der Waals surface area (Å²) in [5.41, 5.74) is -0.289. The average molecular weight is 271 g/mol. The molecule has 0 aliphatic heterocycles. The van der Waals surface area contributed by atoms with Gasteiger partial charge >= 0.3 is 0 Å². The van der Waals surface area contributed by atoms with Gasteiger partial charge in [0.2, 0.25) is 5.91 Å². The highest BCUT2D eigenvalue weighted by molar-refractivity contribution is 5.89. The second-order valence-corrected chi connectivity index (χ2v) is 6.92. The number of rotatable bonds is 4. The van der Waals surface area contributed by atoms with Crippen molar-refractivity contribution in [2.75, 3.05) is 0 Å². The average Bonchev–Trinajstić information content (AvgIpc) is 2.24. The molecular weight excluding hydrogens is 238 g/mol. The van der Waals surface area contributed by atoms with Gasteiger partial charge in [-0.05, 0) is 10.8 Å². The molecule has 3 heteroatoms. The molecule has 0 aromatic rings. The fourth-order valence-corrected chi connectivity index (χ4v) is 1.68. The van der Waals surface area contributed by atoms with Gasteiger partial charge < -0.3 is 5.32 Å². The normalized spacial score (nSPS) is 13.1. The van der Waals surface area contributed by atoms with E-state index in [0.717, 1.165) is 0 Å². The highest BCUT2D eigenvalue weighted by atomic mass is 16.2. The second-order valence-electron chi connectivity index (χ2n) is 6.92. The van der Waals surface area contributed by atoms with Crippen LogP contribution in [0.4, 0.5) is 0 Å². The number of Topliss-reactive ketones (excluding diaryl/α,β-unsaturated/α-hetero) is 1. The number of hydrogen-bond acceptors (Lipinski definition) is 2. The monoisotopic (exact) mass is 271 g/mol. The Morgan fingerprint density at radius 1 is 1.00 bits per heavy atom. The fourth-order valence-electron chi connectivity index (χ4n) is 1.68. The third kappa shape index (κ3) is 9.69. The predicted molar refractivity (Wildman–Crippen MR) is 82.1 cm³/mol. The summed E-state index contributed by atoms with van der Waals surface area (Å²) < 4.78 is 0. The Morgan fingerprint density at radius 2 is 1.42 bits per heavy atom. The van der Waals surface area contributed by atoms with Crippen molar-refractivity contribution < 1.29 is 9.59 Å². The lowest BCUT2D eigenvalue weighted by atomic mass is 9.82. The van der Waals surface area contributed by atoms with Gasteiger partial charge in [-0.25, -0.2) is 0 Å². The lowest BCUT2D eigenvalue weighted by Gasteiger charge is -2.31. The Bertz CT molecular complexity index is 282. The van der Waals surface area contributed by atoms with E-state index in [0.29, 0.717) is 12.8 Å². The van der Waals surface area contributed by atoms with Crippen LogP contribution in [-0.4, -0.2) is 17.7 Å². The summed E-state index contributed by atoms with van der Waals surface area (Å²) in [5, 5.41) is 2.88. The molecule has 0 bridgehead atoms. The molecule has 1 atom stereocenters. The second kappa shape index (κ2) is 8.34. The summed E-state index contributed by atoms with van der Waals surface area (Å²) in [5.74, 6) is 0.0546. The Morgan fingerprint density at radius 3 is 1.68 bits per heavy atom. The maximum absolute atomic E-state index is 11.9. The Kier molecular flexibility index (Phi) is 8.98. The van der Waals surface area contributed by atoms with E-state index >= 15 is 0 Å². The highest BCUT2D eigenvalue weighted by Crippen LogP contribution is 2.23. The van der Waals surface area contributed by atoms with Crippen molar-refractivity contribution >= 4 is 11.7 Å². The molecule has 19 heavy (non-hydrogen) atoms. The Labute approximate surface area is 119 Å². The zero-order valence-corrected chi connectivity index (χ0v) is 14.3. The predicted octanol–water partition coefficient (Wildman–Crippen LogP) is 3.96. The number of nitrogens with one attached hydrogen (secondary N) is 1. The van der Waals surface area contributed by atoms with E-state index in [9.17, 15) is 9.59 Å². The maximum atomic E-state index is 11.9. The van der Waals surface area contributed by atoms with Crippen molar-refractivity contribution in [1.29, 1.82) is 0 Å². The summed E-state index contributed by atoms with van der Waals surface area (Å²) in [4.78, 5) is 23.7. The van der Waals surface area contributed by atoms with Gasteiger partial charge in [-0.15, -0.1) is 0 Å². The van der Waals surface area contributed by atoms with Crippen molar-refractivity contribution in [1.82, 2.24) is 5.32 Å². The standard InChI is InChI=1S/C14H27NO2.C2H6/c1-8-10(16)12(14(5,6)7)15-11(17)9-13(2,3)4;1-2/h12H,8-9H2,1-7H3,(H,15,17);1-2H3. The molecule has 0 aliphatic rings. The van der Waals surface area contributed by atoms with E-state index in [1.807, 2.05) is 62.3 Å². The molecule has 0 aromatic carbocycles. The van der Waals surface area contributed by atoms with Crippen LogP contribution in [0.15, 0.2) is 0 Å². The maximum Gasteiger partial charge on any atom is 0.221 e. The van der Waals surface area contributed by atoms with E-state index in [4.69, 9.17) is 0 Å². The van der Waals surface area contributed by atoms with Crippen molar-refractivity contribution in [3.8, 4) is 0 Å². The Hall–Kier alpha value is -0.860. The van der Waals surface area contributed by atoms with Gasteiger partial charge in [0.15, 0.2) is 5.78 Å². The molecule has 0 aromatic heterocycles. The molecule has 0 heterocycles. The zero-order chi connectivity index (χ0) is 15.9. The van der Waals surface area contributed by atoms with E-state index in [1.165, 1.54) is 0 Å². The molecule has 0 saturated heterocycles. The number of ketones is 1. The largest absolute Gasteiger partial charge is 0.346 e. The molecule has 0 spiro atoms. The molecule has 3 nitrogen and oxygen atoms in total. The number of amides is 1. The van der Waals surface area contributed by atoms with Crippen LogP contribution < -0.4 is 5.32 Å². The van der Waals surface area contributed by atoms with Gasteiger partial charge in [-0.3, -0.25) is 9.59 Å². The molecule has 1 amide bonds. The minimum Gasteiger partial charge on any atom is -0.346 e. The molecule has 0 rings (SSSR count). The van der Waals surface area contributed by atoms with E-state index in [1.54, 1.807) is 0 Å². The fraction of sp³-hybridized carbons (Fsp3) is 0.875. The molecule has 0 aliphatic carbocycles. The first-order valence-corrected chi connectivity index (χ1v) is 7.29. The first kappa shape index (κ1) is 20.5. The van der Waals surface area contributed by atoms with Crippen molar-refractivity contribution in [3.63, 3.8) is 0 Å². The van der Waals surface area contributed by atoms with E-state index in [2.05, 4.69) is 5.32 Å². The first-order valence-electron chi connectivity index (χ1n) is 7.29. The molecule has 0 saturated carbocycles. The minimum absolute atomic E-state index is 0.0424. The van der Waals surface area contributed by atoms with Gasteiger partial charge in [0.1, 0.15) is 0 Å². The summed E-state index contributed by atoms with van der Waals surface area (Å²) in [7, 11) is 0. The van der Waals surface area contributed by atoms with Crippen LogP contribution in [0.5, 0.6) is 0 Å². The van der Waals surface area contributed by atoms with E-state index in [-0.39, 0.29) is 28.6 Å². The van der Waals surface area contributed by atoms with Gasteiger partial charge in [0.25, 0.3) is 0 Å². The molecule has 1 N–H and O–H groups in total. The molecule has 1 unspecified atom stereocenters. The van der Waals surface area contributed by atoms with Crippen LogP contribution in [0.3, 0.4) is 0 Å². The minimum atomic E-state index is -0.387. The SMILES string of the molecule is CC.CCC(=O)C(NC(=O)CC(C)(C)C)C(C)(C)C. The van der Waals surface area contributed by atoms with Crippen LogP contribution >= 0.6 is 0 Å². The third-order valence-corrected chi connectivity index (χ3v) is 2.53. The summed E-state index contributed by atoms with van der Waals surface area (Å²) in [6.07, 6.45) is 0.897. The van der Waals surface area contributed by atoms with Crippen LogP contribution in [0, 0.1) is 10.8 Å². The van der Waals surface area contributed by atoms with Crippen LogP contribution in [0.1, 0.15) is 75.2 Å². The topological polar surface area (TPSA) is 46.2 Å². The van der Waals surface area contributed by atoms with E-state index < -0.39 is 0 Å². The summed E-state index contributed by atoms with van der Waals surface area (Å²) >= 11 is 0. The third-order valence-electron chi connectivity index (χ3n) is 2.53. The number of hydrogen-bond donors (Lipinski definition) is 1. The summed E-state index contributed by atoms with van der Waals surface area (Å²) in [6, 6.07) is -0.387. The van der Waals surface area contributed by atoms with Crippen LogP contribution in [0.25, 0.3) is 0 Å². The van der Waals surface area contributed by atoms with Crippen LogP contribution in [-0.2, 0) is 9.59 Å². The molecule has 114 valence electrons. The van der Waals surface area contributed by atoms with Crippen molar-refractivity contribution in [3.05, 3.63) is 0 Å². The van der Waals surface area contributed by atoms with Gasteiger partial charge in [0.05, 0.1) is 6.04 Å². The number of carbonyl (C=O) groups excluding carboxylic acids is 2. The first-order chi connectivity index (χ1) is 8.47. The zero-order valence-electron chi connectivity index (χ0n) is 14.3. The van der Waals surface area contributed by atoms with Crippen molar-refractivity contribution in [2.24, 2.45) is 10.8 Å². The Balaban J connectivity index is 0. The van der Waals surface area contributed by atoms with Crippen molar-refractivity contribution in [2.45, 2.75) is 81.2 Å². The summed E-state index contributed by atoms with van der Waals surface area (Å²) in [6.45, 7) is 17.8. The quantitative estimate of drug-likeness (QED) is 0.841. The van der Waals surface area contributed by atoms with Gasteiger partial charge in [-0.1, -0.05) is 62.3 Å². The molecular formula is C16H33NO2. The smallest absolute Gasteiger partial charge is 0.221 e. The van der Waals surface area contributed by atoms with Gasteiger partial charge in [-0.2, -0.15) is 0 Å². The number of carbonyl (C=O) groups is 2. The van der Waals surface area contributed by atoms with Gasteiger partial charge in [0, 0.05) is 12.8 Å².